The van der Waals surface area contributed by atoms with Gasteiger partial charge in [-0.05, 0) is 30.6 Å². The van der Waals surface area contributed by atoms with E-state index in [1.807, 2.05) is 6.08 Å². The van der Waals surface area contributed by atoms with Crippen LogP contribution in [0.4, 0.5) is 0 Å². The molecule has 0 bridgehead atoms. The third-order valence-electron chi connectivity index (χ3n) is 2.21. The molecule has 1 heterocycles. The highest BCUT2D eigenvalue weighted by Crippen LogP contribution is 2.24. The van der Waals surface area contributed by atoms with Gasteiger partial charge < -0.3 is 9.84 Å². The molecule has 0 saturated heterocycles. The van der Waals surface area contributed by atoms with Gasteiger partial charge in [0.2, 0.25) is 0 Å². The normalized spacial score (nSPS) is 28.5. The second-order valence-electron chi connectivity index (χ2n) is 3.08. The van der Waals surface area contributed by atoms with Gasteiger partial charge in [0.25, 0.3) is 0 Å². The fourth-order valence-electron chi connectivity index (χ4n) is 1.55. The van der Waals surface area contributed by atoms with Gasteiger partial charge in [0.15, 0.2) is 0 Å². The lowest BCUT2D eigenvalue weighted by atomic mass is 9.97. The Hall–Kier alpha value is -1.02. The number of fused-ring (bicyclic) bond motifs is 1. The molecule has 1 unspecified atom stereocenters. The highest BCUT2D eigenvalue weighted by atomic mass is 16.5. The Balaban J connectivity index is 2.24. The summed E-state index contributed by atoms with van der Waals surface area (Å²) < 4.78 is 5.52. The second-order valence-corrected chi connectivity index (χ2v) is 3.08. The van der Waals surface area contributed by atoms with Crippen LogP contribution in [0.2, 0.25) is 0 Å². The van der Waals surface area contributed by atoms with Gasteiger partial charge in [-0.25, -0.2) is 0 Å². The maximum absolute atomic E-state index is 9.31. The Kier molecular flexibility index (Phi) is 2.00. The predicted molar refractivity (Wildman–Crippen MR) is 46.9 cm³/mol. The van der Waals surface area contributed by atoms with E-state index < -0.39 is 0 Å². The number of hydrogen-bond donors (Lipinski definition) is 1. The van der Waals surface area contributed by atoms with Crippen LogP contribution in [0.5, 0.6) is 0 Å². The first kappa shape index (κ1) is 7.62. The second kappa shape index (κ2) is 3.15. The zero-order chi connectivity index (χ0) is 8.39. The van der Waals surface area contributed by atoms with Crippen LogP contribution in [0.15, 0.2) is 35.6 Å². The summed E-state index contributed by atoms with van der Waals surface area (Å²) >= 11 is 0. The molecule has 0 aromatic rings. The maximum atomic E-state index is 9.31. The molecule has 12 heavy (non-hydrogen) atoms. The third-order valence-corrected chi connectivity index (χ3v) is 2.21. The van der Waals surface area contributed by atoms with Crippen molar-refractivity contribution in [1.29, 1.82) is 0 Å². The van der Waals surface area contributed by atoms with E-state index in [9.17, 15) is 5.11 Å². The summed E-state index contributed by atoms with van der Waals surface area (Å²) in [6, 6.07) is 0. The lowest BCUT2D eigenvalue weighted by Gasteiger charge is -2.19. The van der Waals surface area contributed by atoms with Gasteiger partial charge in [0, 0.05) is 0 Å². The van der Waals surface area contributed by atoms with Crippen LogP contribution in [0.3, 0.4) is 0 Å². The molecular formula is C10H12O2. The van der Waals surface area contributed by atoms with Crippen molar-refractivity contribution in [3.63, 3.8) is 0 Å². The summed E-state index contributed by atoms with van der Waals surface area (Å²) in [6.07, 6.45) is 9.80. The van der Waals surface area contributed by atoms with Crippen LogP contribution < -0.4 is 0 Å². The van der Waals surface area contributed by atoms with E-state index in [0.29, 0.717) is 12.4 Å². The van der Waals surface area contributed by atoms with E-state index in [0.717, 1.165) is 12.8 Å². The Morgan fingerprint density at radius 1 is 1.42 bits per heavy atom. The molecule has 0 aromatic heterocycles. The molecule has 0 spiro atoms. The predicted octanol–water partition coefficient (Wildman–Crippen LogP) is 2.10. The van der Waals surface area contributed by atoms with Crippen molar-refractivity contribution in [3.8, 4) is 0 Å². The molecule has 1 aliphatic carbocycles. The fraction of sp³-hybridized carbons (Fsp3) is 0.400. The van der Waals surface area contributed by atoms with E-state index in [4.69, 9.17) is 4.74 Å². The summed E-state index contributed by atoms with van der Waals surface area (Å²) in [4.78, 5) is 0. The highest BCUT2D eigenvalue weighted by molar-refractivity contribution is 5.27. The van der Waals surface area contributed by atoms with Crippen molar-refractivity contribution in [2.75, 3.05) is 6.61 Å². The van der Waals surface area contributed by atoms with Crippen molar-refractivity contribution in [3.05, 3.63) is 35.6 Å². The molecule has 2 nitrogen and oxygen atoms in total. The third kappa shape index (κ3) is 1.43. The van der Waals surface area contributed by atoms with Crippen LogP contribution >= 0.6 is 0 Å². The zero-order valence-electron chi connectivity index (χ0n) is 6.86. The van der Waals surface area contributed by atoms with E-state index in [2.05, 4.69) is 12.2 Å². The quantitative estimate of drug-likeness (QED) is 0.555. The van der Waals surface area contributed by atoms with Crippen molar-refractivity contribution in [1.82, 2.24) is 0 Å². The molecule has 0 amide bonds. The monoisotopic (exact) mass is 164 g/mol. The zero-order valence-corrected chi connectivity index (χ0v) is 6.86. The van der Waals surface area contributed by atoms with Crippen LogP contribution in [0.1, 0.15) is 12.8 Å². The number of allylic oxidation sites excluding steroid dienone is 2. The largest absolute Gasteiger partial charge is 0.508 e. The van der Waals surface area contributed by atoms with E-state index >= 15 is 0 Å². The van der Waals surface area contributed by atoms with Crippen molar-refractivity contribution >= 4 is 0 Å². The first-order chi connectivity index (χ1) is 5.86. The van der Waals surface area contributed by atoms with Gasteiger partial charge in [0.05, 0.1) is 12.7 Å². The topological polar surface area (TPSA) is 29.5 Å². The van der Waals surface area contributed by atoms with E-state index in [1.54, 1.807) is 6.08 Å². The minimum Gasteiger partial charge on any atom is -0.508 e. The number of hydrogen-bond acceptors (Lipinski definition) is 2. The first-order valence-electron chi connectivity index (χ1n) is 4.22. The summed E-state index contributed by atoms with van der Waals surface area (Å²) in [5.74, 6) is 0.336. The smallest absolute Gasteiger partial charge is 0.113 e. The number of aliphatic hydroxyl groups is 1. The molecule has 2 rings (SSSR count). The molecule has 0 fully saturated rings. The minimum absolute atomic E-state index is 0.191. The molecule has 2 aliphatic rings. The standard InChI is InChI=1S/C10H12O2/c11-9-5-6-12-10-4-2-1-3-8(10)7-9/h1-2,5,7,10-11H,3-4,6H2. The maximum Gasteiger partial charge on any atom is 0.113 e. The molecular weight excluding hydrogens is 152 g/mol. The molecule has 1 N–H and O–H groups in total. The molecule has 1 atom stereocenters. The highest BCUT2D eigenvalue weighted by Gasteiger charge is 2.17. The number of aliphatic hydroxyl groups excluding tert-OH is 1. The van der Waals surface area contributed by atoms with E-state index in [-0.39, 0.29) is 6.10 Å². The van der Waals surface area contributed by atoms with Gasteiger partial charge in [0.1, 0.15) is 5.76 Å². The molecule has 0 saturated carbocycles. The first-order valence-corrected chi connectivity index (χ1v) is 4.22. The van der Waals surface area contributed by atoms with E-state index in [1.165, 1.54) is 5.57 Å². The van der Waals surface area contributed by atoms with Crippen molar-refractivity contribution < 1.29 is 9.84 Å². The van der Waals surface area contributed by atoms with Crippen LogP contribution in [-0.2, 0) is 4.74 Å². The molecule has 0 aromatic carbocycles. The summed E-state index contributed by atoms with van der Waals surface area (Å²) in [5, 5.41) is 9.31. The SMILES string of the molecule is OC1=CCOC2CC=CCC2=C1. The van der Waals surface area contributed by atoms with Crippen molar-refractivity contribution in [2.24, 2.45) is 0 Å². The summed E-state index contributed by atoms with van der Waals surface area (Å²) in [5.41, 5.74) is 1.18. The Bertz CT molecular complexity index is 261. The Morgan fingerprint density at radius 3 is 3.25 bits per heavy atom. The Labute approximate surface area is 71.9 Å². The van der Waals surface area contributed by atoms with Crippen LogP contribution in [-0.4, -0.2) is 17.8 Å². The van der Waals surface area contributed by atoms with Gasteiger partial charge >= 0.3 is 0 Å². The van der Waals surface area contributed by atoms with Gasteiger partial charge in [-0.3, -0.25) is 0 Å². The fourth-order valence-corrected chi connectivity index (χ4v) is 1.55. The Morgan fingerprint density at radius 2 is 2.33 bits per heavy atom. The molecule has 1 aliphatic heterocycles. The minimum atomic E-state index is 0.191. The number of rotatable bonds is 0. The molecule has 64 valence electrons. The van der Waals surface area contributed by atoms with Gasteiger partial charge in [-0.15, -0.1) is 0 Å². The van der Waals surface area contributed by atoms with Crippen LogP contribution in [0, 0.1) is 0 Å². The average molecular weight is 164 g/mol. The van der Waals surface area contributed by atoms with Gasteiger partial charge in [-0.2, -0.15) is 0 Å². The summed E-state index contributed by atoms with van der Waals surface area (Å²) in [6.45, 7) is 0.518. The van der Waals surface area contributed by atoms with Gasteiger partial charge in [-0.1, -0.05) is 12.2 Å². The van der Waals surface area contributed by atoms with Crippen molar-refractivity contribution in [2.45, 2.75) is 18.9 Å². The lowest BCUT2D eigenvalue weighted by molar-refractivity contribution is 0.101. The van der Waals surface area contributed by atoms with Crippen LogP contribution in [0.25, 0.3) is 0 Å². The average Bonchev–Trinajstić information content (AvgIpc) is 2.25. The lowest BCUT2D eigenvalue weighted by Crippen LogP contribution is -2.16. The summed E-state index contributed by atoms with van der Waals surface area (Å²) in [7, 11) is 0. The molecule has 2 heteroatoms. The molecule has 0 radical (unpaired) electrons. The number of ether oxygens (including phenoxy) is 1.